The Morgan fingerprint density at radius 1 is 1.09 bits per heavy atom. The molecule has 1 atom stereocenters. The van der Waals surface area contributed by atoms with Crippen molar-refractivity contribution in [1.82, 2.24) is 15.5 Å². The lowest BCUT2D eigenvalue weighted by Gasteiger charge is -2.35. The molecule has 6 heteroatoms. The molecule has 2 N–H and O–H groups in total. The molecular weight excluding hydrogens is 403 g/mol. The molecule has 23 heavy (non-hydrogen) atoms. The Hall–Kier alpha value is -0.0800. The molecule has 1 fully saturated rings. The minimum atomic E-state index is 0. The standard InChI is InChI=1S/C17H36N4O.HI/c1-6-18-17(19-12-15(4)5)20-13-16(11-14(2)3)21-7-9-22-10-8-21;/h14-16H,6-13H2,1-5H3,(H2,18,19,20);1H. The van der Waals surface area contributed by atoms with E-state index in [0.717, 1.165) is 51.9 Å². The molecule has 5 nitrogen and oxygen atoms in total. The van der Waals surface area contributed by atoms with Crippen molar-refractivity contribution in [3.05, 3.63) is 0 Å². The number of hydrogen-bond donors (Lipinski definition) is 2. The second-order valence-electron chi connectivity index (χ2n) is 6.93. The maximum Gasteiger partial charge on any atom is 0.191 e. The normalized spacial score (nSPS) is 18.0. The molecule has 0 spiro atoms. The van der Waals surface area contributed by atoms with Crippen LogP contribution in [0.4, 0.5) is 0 Å². The Labute approximate surface area is 160 Å². The molecule has 1 saturated heterocycles. The number of guanidine groups is 1. The molecule has 0 bridgehead atoms. The van der Waals surface area contributed by atoms with E-state index in [-0.39, 0.29) is 24.0 Å². The number of hydrogen-bond acceptors (Lipinski definition) is 3. The van der Waals surface area contributed by atoms with Crippen molar-refractivity contribution in [2.45, 2.75) is 47.1 Å². The van der Waals surface area contributed by atoms with Crippen LogP contribution in [0.3, 0.4) is 0 Å². The van der Waals surface area contributed by atoms with Gasteiger partial charge < -0.3 is 15.4 Å². The fraction of sp³-hybridized carbons (Fsp3) is 0.941. The predicted octanol–water partition coefficient (Wildman–Crippen LogP) is 2.56. The average Bonchev–Trinajstić information content (AvgIpc) is 2.49. The number of aliphatic imine (C=N–C) groups is 1. The highest BCUT2D eigenvalue weighted by Crippen LogP contribution is 2.13. The topological polar surface area (TPSA) is 48.9 Å². The van der Waals surface area contributed by atoms with Crippen LogP contribution in [0.2, 0.25) is 0 Å². The first-order chi connectivity index (χ1) is 10.5. The van der Waals surface area contributed by atoms with Crippen LogP contribution in [0.25, 0.3) is 0 Å². The van der Waals surface area contributed by atoms with Crippen molar-refractivity contribution < 1.29 is 4.74 Å². The molecule has 1 unspecified atom stereocenters. The molecule has 1 aliphatic rings. The van der Waals surface area contributed by atoms with Gasteiger partial charge in [-0.1, -0.05) is 27.7 Å². The number of rotatable bonds is 8. The largest absolute Gasteiger partial charge is 0.379 e. The lowest BCUT2D eigenvalue weighted by molar-refractivity contribution is 0.0132. The van der Waals surface area contributed by atoms with Gasteiger partial charge >= 0.3 is 0 Å². The van der Waals surface area contributed by atoms with E-state index in [2.05, 4.69) is 55.1 Å². The van der Waals surface area contributed by atoms with Gasteiger partial charge in [-0.25, -0.2) is 0 Å². The SMILES string of the molecule is CCNC(=NCC(C)C)NCC(CC(C)C)N1CCOCC1.I. The van der Waals surface area contributed by atoms with E-state index in [1.165, 1.54) is 6.42 Å². The summed E-state index contributed by atoms with van der Waals surface area (Å²) in [5, 5.41) is 6.88. The van der Waals surface area contributed by atoms with E-state index in [9.17, 15) is 0 Å². The van der Waals surface area contributed by atoms with Crippen LogP contribution in [0.1, 0.15) is 41.0 Å². The number of halogens is 1. The van der Waals surface area contributed by atoms with Gasteiger partial charge in [0.2, 0.25) is 0 Å². The highest BCUT2D eigenvalue weighted by Gasteiger charge is 2.22. The molecule has 0 aromatic carbocycles. The Balaban J connectivity index is 0.00000484. The number of morpholine rings is 1. The van der Waals surface area contributed by atoms with Crippen molar-refractivity contribution in [3.63, 3.8) is 0 Å². The molecule has 1 rings (SSSR count). The molecule has 0 aromatic rings. The zero-order valence-corrected chi connectivity index (χ0v) is 17.9. The maximum absolute atomic E-state index is 5.49. The first-order valence-electron chi connectivity index (χ1n) is 8.86. The lowest BCUT2D eigenvalue weighted by atomic mass is 10.0. The van der Waals surface area contributed by atoms with Gasteiger partial charge in [-0.05, 0) is 25.2 Å². The van der Waals surface area contributed by atoms with Crippen molar-refractivity contribution in [2.75, 3.05) is 45.9 Å². The third-order valence-electron chi connectivity index (χ3n) is 3.77. The van der Waals surface area contributed by atoms with Gasteiger partial charge in [0, 0.05) is 38.8 Å². The molecule has 0 aliphatic carbocycles. The zero-order valence-electron chi connectivity index (χ0n) is 15.6. The van der Waals surface area contributed by atoms with Crippen molar-refractivity contribution in [1.29, 1.82) is 0 Å². The Morgan fingerprint density at radius 2 is 1.74 bits per heavy atom. The number of nitrogens with one attached hydrogen (secondary N) is 2. The van der Waals surface area contributed by atoms with Gasteiger partial charge in [0.25, 0.3) is 0 Å². The van der Waals surface area contributed by atoms with Crippen LogP contribution < -0.4 is 10.6 Å². The minimum absolute atomic E-state index is 0. The smallest absolute Gasteiger partial charge is 0.191 e. The maximum atomic E-state index is 5.49. The van der Waals surface area contributed by atoms with E-state index >= 15 is 0 Å². The Bertz CT molecular complexity index is 318. The predicted molar refractivity (Wildman–Crippen MR) is 110 cm³/mol. The summed E-state index contributed by atoms with van der Waals surface area (Å²) >= 11 is 0. The van der Waals surface area contributed by atoms with E-state index in [0.29, 0.717) is 17.9 Å². The fourth-order valence-corrected chi connectivity index (χ4v) is 2.68. The number of nitrogens with zero attached hydrogens (tertiary/aromatic N) is 2. The molecule has 138 valence electrons. The van der Waals surface area contributed by atoms with Crippen molar-refractivity contribution in [2.24, 2.45) is 16.8 Å². The molecule has 1 aliphatic heterocycles. The summed E-state index contributed by atoms with van der Waals surface area (Å²) in [4.78, 5) is 7.22. The third-order valence-corrected chi connectivity index (χ3v) is 3.77. The summed E-state index contributed by atoms with van der Waals surface area (Å²) in [7, 11) is 0. The van der Waals surface area contributed by atoms with Crippen LogP contribution in [0.15, 0.2) is 4.99 Å². The van der Waals surface area contributed by atoms with E-state index in [4.69, 9.17) is 4.74 Å². The summed E-state index contributed by atoms with van der Waals surface area (Å²) in [6.07, 6.45) is 1.20. The zero-order chi connectivity index (χ0) is 16.4. The van der Waals surface area contributed by atoms with E-state index in [1.807, 2.05) is 0 Å². The van der Waals surface area contributed by atoms with Gasteiger partial charge in [-0.2, -0.15) is 0 Å². The van der Waals surface area contributed by atoms with Gasteiger partial charge in [0.15, 0.2) is 5.96 Å². The molecule has 1 heterocycles. The van der Waals surface area contributed by atoms with Crippen molar-refractivity contribution in [3.8, 4) is 0 Å². The highest BCUT2D eigenvalue weighted by molar-refractivity contribution is 14.0. The van der Waals surface area contributed by atoms with Crippen LogP contribution >= 0.6 is 24.0 Å². The lowest BCUT2D eigenvalue weighted by Crippen LogP contribution is -2.51. The van der Waals surface area contributed by atoms with Gasteiger partial charge in [-0.3, -0.25) is 9.89 Å². The molecule has 0 saturated carbocycles. The summed E-state index contributed by atoms with van der Waals surface area (Å²) in [6.45, 7) is 17.6. The first kappa shape index (κ1) is 22.9. The molecular formula is C17H37IN4O. The van der Waals surface area contributed by atoms with E-state index in [1.54, 1.807) is 0 Å². The van der Waals surface area contributed by atoms with Gasteiger partial charge in [-0.15, -0.1) is 24.0 Å². The first-order valence-corrected chi connectivity index (χ1v) is 8.86. The monoisotopic (exact) mass is 440 g/mol. The van der Waals surface area contributed by atoms with Crippen LogP contribution in [-0.2, 0) is 4.74 Å². The highest BCUT2D eigenvalue weighted by atomic mass is 127. The Kier molecular flexibility index (Phi) is 13.2. The number of ether oxygens (including phenoxy) is 1. The summed E-state index contributed by atoms with van der Waals surface area (Å²) < 4.78 is 5.49. The fourth-order valence-electron chi connectivity index (χ4n) is 2.68. The summed E-state index contributed by atoms with van der Waals surface area (Å²) in [5.74, 6) is 2.23. The van der Waals surface area contributed by atoms with Crippen molar-refractivity contribution >= 4 is 29.9 Å². The van der Waals surface area contributed by atoms with E-state index < -0.39 is 0 Å². The van der Waals surface area contributed by atoms with Crippen LogP contribution in [0.5, 0.6) is 0 Å². The average molecular weight is 440 g/mol. The molecule has 0 radical (unpaired) electrons. The van der Waals surface area contributed by atoms with Crippen LogP contribution in [-0.4, -0.2) is 62.8 Å². The van der Waals surface area contributed by atoms with Gasteiger partial charge in [0.1, 0.15) is 0 Å². The third kappa shape index (κ3) is 10.4. The van der Waals surface area contributed by atoms with Gasteiger partial charge in [0.05, 0.1) is 13.2 Å². The quantitative estimate of drug-likeness (QED) is 0.346. The second-order valence-corrected chi connectivity index (χ2v) is 6.93. The van der Waals surface area contributed by atoms with Crippen LogP contribution in [0, 0.1) is 11.8 Å². The minimum Gasteiger partial charge on any atom is -0.379 e. The second kappa shape index (κ2) is 13.2. The summed E-state index contributed by atoms with van der Waals surface area (Å²) in [6, 6.07) is 0.548. The Morgan fingerprint density at radius 3 is 2.26 bits per heavy atom. The summed E-state index contributed by atoms with van der Waals surface area (Å²) in [5.41, 5.74) is 0. The molecule has 0 aromatic heterocycles. The molecule has 0 amide bonds.